The Morgan fingerprint density at radius 3 is 1.50 bits per heavy atom. The van der Waals surface area contributed by atoms with Gasteiger partial charge in [-0.25, -0.2) is 0 Å². The van der Waals surface area contributed by atoms with Gasteiger partial charge in [0.25, 0.3) is 0 Å². The van der Waals surface area contributed by atoms with E-state index in [1.54, 1.807) is 50.5 Å². The Morgan fingerprint density at radius 2 is 1.15 bits per heavy atom. The first kappa shape index (κ1) is 23.9. The molecule has 0 aliphatic rings. The summed E-state index contributed by atoms with van der Waals surface area (Å²) in [6.45, 7) is 4.43. The third-order valence-electron chi connectivity index (χ3n) is 2.87. The normalized spacial score (nSPS) is 10.6. The third-order valence-corrected chi connectivity index (χ3v) is 2.87. The second-order valence-electron chi connectivity index (χ2n) is 5.55. The minimum Gasteiger partial charge on any atom is -0.872 e. The van der Waals surface area contributed by atoms with E-state index in [1.807, 2.05) is 12.1 Å². The van der Waals surface area contributed by atoms with Crippen molar-refractivity contribution in [3.8, 4) is 11.5 Å². The Balaban J connectivity index is 0.00000113. The molecule has 2 aromatic rings. The van der Waals surface area contributed by atoms with Crippen molar-refractivity contribution in [2.45, 2.75) is 26.4 Å². The van der Waals surface area contributed by atoms with E-state index in [0.29, 0.717) is 24.2 Å². The average Bonchev–Trinajstić information content (AvgIpc) is 2.56. The van der Waals surface area contributed by atoms with E-state index in [4.69, 9.17) is 0 Å². The summed E-state index contributed by atoms with van der Waals surface area (Å²) in [6.07, 6.45) is 3.55. The van der Waals surface area contributed by atoms with Crippen molar-refractivity contribution in [2.24, 2.45) is 9.98 Å². The molecule has 0 saturated carbocycles. The monoisotopic (exact) mass is 366 g/mol. The molecule has 134 valence electrons. The first-order valence-corrected chi connectivity index (χ1v) is 8.18. The predicted octanol–water partition coefficient (Wildman–Crippen LogP) is 1.14. The van der Waals surface area contributed by atoms with Crippen molar-refractivity contribution in [1.29, 1.82) is 0 Å². The molecule has 0 aliphatic carbocycles. The van der Waals surface area contributed by atoms with Crippen LogP contribution < -0.4 is 15.3 Å². The molecule has 0 N–H and O–H groups in total. The van der Waals surface area contributed by atoms with Gasteiger partial charge in [0.1, 0.15) is 0 Å². The van der Waals surface area contributed by atoms with Crippen LogP contribution in [0, 0.1) is 0 Å². The standard InChI is InChI=1S/C17H18N2O2.C3H7O.Al/c20-16-8-3-1-6-14(16)12-18-10-5-11-19-13-15-7-2-4-9-17(15)21;1-3(2)4;/h1-4,6-9,12-13,20-21H,5,10-11H2;3H,1-2H3;/q;-1;+3/p-2. The van der Waals surface area contributed by atoms with Crippen molar-refractivity contribution < 1.29 is 15.3 Å². The average molecular weight is 366 g/mol. The molecule has 2 aromatic carbocycles. The first-order valence-electron chi connectivity index (χ1n) is 8.18. The number of hydrogen-bond donors (Lipinski definition) is 0. The van der Waals surface area contributed by atoms with E-state index in [1.165, 1.54) is 12.1 Å². The molecule has 0 heterocycles. The molecule has 26 heavy (non-hydrogen) atoms. The number of benzene rings is 2. The fraction of sp³-hybridized carbons (Fsp3) is 0.300. The molecule has 2 rings (SSSR count). The van der Waals surface area contributed by atoms with Gasteiger partial charge in [-0.15, -0.1) is 17.6 Å². The Kier molecular flexibility index (Phi) is 12.9. The molecule has 0 amide bonds. The maximum Gasteiger partial charge on any atom is 3.00 e. The van der Waals surface area contributed by atoms with Crippen LogP contribution in [0.5, 0.6) is 11.5 Å². The van der Waals surface area contributed by atoms with Gasteiger partial charge < -0.3 is 15.3 Å². The molecule has 0 unspecified atom stereocenters. The van der Waals surface area contributed by atoms with Crippen LogP contribution in [0.25, 0.3) is 0 Å². The summed E-state index contributed by atoms with van der Waals surface area (Å²) in [7, 11) is 0. The summed E-state index contributed by atoms with van der Waals surface area (Å²) >= 11 is 0. The largest absolute Gasteiger partial charge is 3.00 e. The van der Waals surface area contributed by atoms with Gasteiger partial charge >= 0.3 is 17.4 Å². The smallest absolute Gasteiger partial charge is 0.872 e. The van der Waals surface area contributed by atoms with Crippen LogP contribution in [0.3, 0.4) is 0 Å². The van der Waals surface area contributed by atoms with Crippen molar-refractivity contribution in [1.82, 2.24) is 0 Å². The minimum atomic E-state index is -0.417. The topological polar surface area (TPSA) is 93.9 Å². The van der Waals surface area contributed by atoms with Gasteiger partial charge in [0.2, 0.25) is 0 Å². The Hall–Kier alpha value is -2.13. The SMILES string of the molecule is CC(C)[O-].[Al+3].[O-]c1ccccc1C=NCCCN=Cc1ccccc1[O-]. The molecule has 6 heteroatoms. The van der Waals surface area contributed by atoms with E-state index in [2.05, 4.69) is 9.98 Å². The minimum absolute atomic E-state index is 0. The number of rotatable bonds is 6. The van der Waals surface area contributed by atoms with Crippen molar-refractivity contribution in [3.05, 3.63) is 59.7 Å². The second-order valence-corrected chi connectivity index (χ2v) is 5.55. The van der Waals surface area contributed by atoms with E-state index >= 15 is 0 Å². The van der Waals surface area contributed by atoms with Gasteiger partial charge in [-0.2, -0.15) is 0 Å². The van der Waals surface area contributed by atoms with Crippen LogP contribution >= 0.6 is 0 Å². The number of aliphatic imine (C=N–C) groups is 2. The quantitative estimate of drug-likeness (QED) is 0.436. The zero-order chi connectivity index (χ0) is 18.5. The van der Waals surface area contributed by atoms with Gasteiger partial charge in [-0.05, 0) is 17.5 Å². The van der Waals surface area contributed by atoms with E-state index in [-0.39, 0.29) is 28.9 Å². The van der Waals surface area contributed by atoms with Gasteiger partial charge in [-0.3, -0.25) is 9.98 Å². The molecule has 0 fully saturated rings. The molecule has 0 atom stereocenters. The van der Waals surface area contributed by atoms with E-state index in [9.17, 15) is 15.3 Å². The molecule has 5 nitrogen and oxygen atoms in total. The molecular weight excluding hydrogens is 343 g/mol. The van der Waals surface area contributed by atoms with Gasteiger partial charge in [-0.1, -0.05) is 62.4 Å². The van der Waals surface area contributed by atoms with E-state index in [0.717, 1.165) is 6.42 Å². The van der Waals surface area contributed by atoms with Crippen LogP contribution in [0.2, 0.25) is 0 Å². The number of para-hydroxylation sites is 2. The Labute approximate surface area is 165 Å². The Bertz CT molecular complexity index is 630. The van der Waals surface area contributed by atoms with Crippen LogP contribution in [0.4, 0.5) is 0 Å². The molecule has 0 aliphatic heterocycles. The van der Waals surface area contributed by atoms with Crippen molar-refractivity contribution in [2.75, 3.05) is 13.1 Å². The van der Waals surface area contributed by atoms with Crippen molar-refractivity contribution >= 4 is 29.8 Å². The molecular formula is C20H23AlN2O3. The maximum absolute atomic E-state index is 11.4. The van der Waals surface area contributed by atoms with Crippen LogP contribution in [0.15, 0.2) is 58.5 Å². The molecule has 0 aromatic heterocycles. The summed E-state index contributed by atoms with van der Waals surface area (Å²) in [5.41, 5.74) is 1.20. The maximum atomic E-state index is 11.4. The van der Waals surface area contributed by atoms with Crippen LogP contribution in [-0.4, -0.2) is 49.0 Å². The molecule has 0 spiro atoms. The van der Waals surface area contributed by atoms with Crippen molar-refractivity contribution in [3.63, 3.8) is 0 Å². The zero-order valence-electron chi connectivity index (χ0n) is 15.2. The first-order chi connectivity index (χ1) is 12.0. The predicted molar refractivity (Wildman–Crippen MR) is 102 cm³/mol. The van der Waals surface area contributed by atoms with Gasteiger partial charge in [0.15, 0.2) is 0 Å². The summed E-state index contributed by atoms with van der Waals surface area (Å²) in [5, 5.41) is 32.4. The summed E-state index contributed by atoms with van der Waals surface area (Å²) < 4.78 is 0. The summed E-state index contributed by atoms with van der Waals surface area (Å²) in [5.74, 6) is -0.0438. The zero-order valence-corrected chi connectivity index (χ0v) is 16.3. The fourth-order valence-electron chi connectivity index (χ4n) is 1.75. The van der Waals surface area contributed by atoms with Crippen LogP contribution in [-0.2, 0) is 0 Å². The molecule has 0 radical (unpaired) electrons. The van der Waals surface area contributed by atoms with Gasteiger partial charge in [0, 0.05) is 25.5 Å². The molecule has 0 saturated heterocycles. The number of hydrogen-bond acceptors (Lipinski definition) is 5. The van der Waals surface area contributed by atoms with E-state index < -0.39 is 6.10 Å². The van der Waals surface area contributed by atoms with Crippen LogP contribution in [0.1, 0.15) is 31.4 Å². The second kappa shape index (κ2) is 14.1. The Morgan fingerprint density at radius 1 is 0.808 bits per heavy atom. The molecule has 0 bridgehead atoms. The summed E-state index contributed by atoms with van der Waals surface area (Å²) in [6, 6.07) is 13.6. The third kappa shape index (κ3) is 10.7. The van der Waals surface area contributed by atoms with Gasteiger partial charge in [0.05, 0.1) is 0 Å². The number of nitrogens with zero attached hydrogens (tertiary/aromatic N) is 2. The fourth-order valence-corrected chi connectivity index (χ4v) is 1.75. The summed E-state index contributed by atoms with van der Waals surface area (Å²) in [4.78, 5) is 8.41.